The maximum Gasteiger partial charge on any atom is 0.254 e. The molecule has 0 aliphatic heterocycles. The molecule has 16 heavy (non-hydrogen) atoms. The van der Waals surface area contributed by atoms with Crippen molar-refractivity contribution in [3.05, 3.63) is 51.2 Å². The van der Waals surface area contributed by atoms with Crippen LogP contribution in [0.15, 0.2) is 39.9 Å². The Morgan fingerprint density at radius 3 is 2.81 bits per heavy atom. The SMILES string of the molecule is O=c1cc(Oc2cc(F)cc(Br)c2)nc[nH]1. The van der Waals surface area contributed by atoms with Gasteiger partial charge in [0.2, 0.25) is 5.88 Å². The Balaban J connectivity index is 2.30. The van der Waals surface area contributed by atoms with Gasteiger partial charge in [-0.25, -0.2) is 9.37 Å². The van der Waals surface area contributed by atoms with Gasteiger partial charge in [-0.2, -0.15) is 0 Å². The van der Waals surface area contributed by atoms with Crippen LogP contribution in [0.5, 0.6) is 11.6 Å². The number of aromatic nitrogens is 2. The number of H-pyrrole nitrogens is 1. The van der Waals surface area contributed by atoms with Crippen LogP contribution < -0.4 is 10.3 Å². The van der Waals surface area contributed by atoms with Gasteiger partial charge in [0.25, 0.3) is 5.56 Å². The molecule has 0 amide bonds. The molecular weight excluding hydrogens is 279 g/mol. The fourth-order valence-corrected chi connectivity index (χ4v) is 1.56. The summed E-state index contributed by atoms with van der Waals surface area (Å²) in [4.78, 5) is 17.1. The summed E-state index contributed by atoms with van der Waals surface area (Å²) >= 11 is 3.13. The highest BCUT2D eigenvalue weighted by molar-refractivity contribution is 9.10. The highest BCUT2D eigenvalue weighted by Crippen LogP contribution is 2.23. The molecule has 0 atom stereocenters. The molecule has 0 aliphatic rings. The Morgan fingerprint density at radius 1 is 1.31 bits per heavy atom. The number of nitrogens with zero attached hydrogens (tertiary/aromatic N) is 1. The summed E-state index contributed by atoms with van der Waals surface area (Å²) in [7, 11) is 0. The van der Waals surface area contributed by atoms with Gasteiger partial charge in [0.05, 0.1) is 12.4 Å². The summed E-state index contributed by atoms with van der Waals surface area (Å²) in [6, 6.07) is 5.26. The second kappa shape index (κ2) is 4.44. The molecule has 0 fully saturated rings. The van der Waals surface area contributed by atoms with E-state index in [0.29, 0.717) is 4.47 Å². The first-order valence-electron chi connectivity index (χ1n) is 4.32. The number of hydrogen-bond acceptors (Lipinski definition) is 3. The molecule has 0 radical (unpaired) electrons. The fourth-order valence-electron chi connectivity index (χ4n) is 1.11. The molecule has 1 aromatic carbocycles. The van der Waals surface area contributed by atoms with Gasteiger partial charge >= 0.3 is 0 Å². The first kappa shape index (κ1) is 10.8. The fraction of sp³-hybridized carbons (Fsp3) is 0. The Hall–Kier alpha value is -1.69. The first-order chi connectivity index (χ1) is 7.63. The third-order valence-electron chi connectivity index (χ3n) is 1.71. The monoisotopic (exact) mass is 284 g/mol. The van der Waals surface area contributed by atoms with Crippen molar-refractivity contribution >= 4 is 15.9 Å². The normalized spacial score (nSPS) is 10.1. The molecule has 82 valence electrons. The molecule has 1 aromatic heterocycles. The lowest BCUT2D eigenvalue weighted by Gasteiger charge is -2.04. The molecule has 0 spiro atoms. The molecule has 1 heterocycles. The van der Waals surface area contributed by atoms with E-state index >= 15 is 0 Å². The minimum atomic E-state index is -0.436. The highest BCUT2D eigenvalue weighted by atomic mass is 79.9. The maximum absolute atomic E-state index is 13.0. The van der Waals surface area contributed by atoms with Crippen LogP contribution in [0.25, 0.3) is 0 Å². The number of halogens is 2. The van der Waals surface area contributed by atoms with Gasteiger partial charge in [0.15, 0.2) is 0 Å². The quantitative estimate of drug-likeness (QED) is 0.922. The van der Waals surface area contributed by atoms with Crippen molar-refractivity contribution in [3.63, 3.8) is 0 Å². The molecule has 0 saturated heterocycles. The summed E-state index contributed by atoms with van der Waals surface area (Å²) in [5.41, 5.74) is -0.333. The van der Waals surface area contributed by atoms with Crippen molar-refractivity contribution in [2.24, 2.45) is 0 Å². The Morgan fingerprint density at radius 2 is 2.12 bits per heavy atom. The lowest BCUT2D eigenvalue weighted by molar-refractivity contribution is 0.455. The van der Waals surface area contributed by atoms with Crippen molar-refractivity contribution in [1.29, 1.82) is 0 Å². The summed E-state index contributed by atoms with van der Waals surface area (Å²) < 4.78 is 18.8. The minimum Gasteiger partial charge on any atom is -0.439 e. The van der Waals surface area contributed by atoms with Crippen LogP contribution in [0.3, 0.4) is 0 Å². The van der Waals surface area contributed by atoms with Crippen molar-refractivity contribution in [2.45, 2.75) is 0 Å². The van der Waals surface area contributed by atoms with E-state index in [1.54, 1.807) is 6.07 Å². The molecule has 0 bridgehead atoms. The molecule has 2 rings (SSSR count). The second-order valence-corrected chi connectivity index (χ2v) is 3.87. The number of ether oxygens (including phenoxy) is 1. The van der Waals surface area contributed by atoms with Gasteiger partial charge in [-0.15, -0.1) is 0 Å². The van der Waals surface area contributed by atoms with Crippen molar-refractivity contribution < 1.29 is 9.13 Å². The molecule has 4 nitrogen and oxygen atoms in total. The third kappa shape index (κ3) is 2.66. The minimum absolute atomic E-state index is 0.112. The van der Waals surface area contributed by atoms with Crippen LogP contribution >= 0.6 is 15.9 Å². The van der Waals surface area contributed by atoms with E-state index in [9.17, 15) is 9.18 Å². The van der Waals surface area contributed by atoms with Crippen molar-refractivity contribution in [2.75, 3.05) is 0 Å². The van der Waals surface area contributed by atoms with Gasteiger partial charge in [0, 0.05) is 10.5 Å². The Labute approximate surface area is 98.2 Å². The van der Waals surface area contributed by atoms with Crippen molar-refractivity contribution in [1.82, 2.24) is 9.97 Å². The number of benzene rings is 1. The van der Waals surface area contributed by atoms with Crippen LogP contribution in [0, 0.1) is 5.82 Å². The lowest BCUT2D eigenvalue weighted by atomic mass is 10.3. The summed E-state index contributed by atoms with van der Waals surface area (Å²) in [6.07, 6.45) is 1.21. The predicted molar refractivity (Wildman–Crippen MR) is 59.0 cm³/mol. The molecular formula is C10H6BrFN2O2. The largest absolute Gasteiger partial charge is 0.439 e. The topological polar surface area (TPSA) is 55.0 Å². The van der Waals surface area contributed by atoms with Gasteiger partial charge in [-0.05, 0) is 12.1 Å². The second-order valence-electron chi connectivity index (χ2n) is 2.96. The van der Waals surface area contributed by atoms with Crippen LogP contribution in [-0.4, -0.2) is 9.97 Å². The smallest absolute Gasteiger partial charge is 0.254 e. The first-order valence-corrected chi connectivity index (χ1v) is 5.11. The zero-order valence-corrected chi connectivity index (χ0v) is 9.49. The zero-order chi connectivity index (χ0) is 11.5. The molecule has 0 unspecified atom stereocenters. The molecule has 1 N–H and O–H groups in total. The number of hydrogen-bond donors (Lipinski definition) is 1. The summed E-state index contributed by atoms with van der Waals surface area (Å²) in [6.45, 7) is 0. The summed E-state index contributed by atoms with van der Waals surface area (Å²) in [5, 5.41) is 0. The molecule has 0 saturated carbocycles. The Kier molecular flexibility index (Phi) is 3.00. The van der Waals surface area contributed by atoms with Crippen LogP contribution in [0.1, 0.15) is 0 Å². The van der Waals surface area contributed by atoms with E-state index in [1.807, 2.05) is 0 Å². The number of rotatable bonds is 2. The van der Waals surface area contributed by atoms with E-state index in [2.05, 4.69) is 25.9 Å². The average molecular weight is 285 g/mol. The van der Waals surface area contributed by atoms with Crippen molar-refractivity contribution in [3.8, 4) is 11.6 Å². The summed E-state index contributed by atoms with van der Waals surface area (Å²) in [5.74, 6) is -0.0551. The molecule has 6 heteroatoms. The van der Waals surface area contributed by atoms with Gasteiger partial charge in [-0.3, -0.25) is 4.79 Å². The van der Waals surface area contributed by atoms with E-state index in [4.69, 9.17) is 4.74 Å². The van der Waals surface area contributed by atoms with E-state index in [-0.39, 0.29) is 17.2 Å². The van der Waals surface area contributed by atoms with E-state index in [1.165, 1.54) is 24.5 Å². The van der Waals surface area contributed by atoms with Gasteiger partial charge in [0.1, 0.15) is 11.6 Å². The van der Waals surface area contributed by atoms with E-state index < -0.39 is 5.82 Å². The van der Waals surface area contributed by atoms with Crippen LogP contribution in [0.4, 0.5) is 4.39 Å². The molecule has 0 aliphatic carbocycles. The maximum atomic E-state index is 13.0. The average Bonchev–Trinajstić information content (AvgIpc) is 2.15. The van der Waals surface area contributed by atoms with Gasteiger partial charge in [-0.1, -0.05) is 15.9 Å². The predicted octanol–water partition coefficient (Wildman–Crippen LogP) is 2.46. The number of nitrogens with one attached hydrogen (secondary N) is 1. The zero-order valence-electron chi connectivity index (χ0n) is 7.91. The molecule has 2 aromatic rings. The Bertz CT molecular complexity index is 550. The third-order valence-corrected chi connectivity index (χ3v) is 2.17. The highest BCUT2D eigenvalue weighted by Gasteiger charge is 2.02. The lowest BCUT2D eigenvalue weighted by Crippen LogP contribution is -2.04. The van der Waals surface area contributed by atoms with Crippen LogP contribution in [-0.2, 0) is 0 Å². The number of aromatic amines is 1. The van der Waals surface area contributed by atoms with E-state index in [0.717, 1.165) is 0 Å². The van der Waals surface area contributed by atoms with Gasteiger partial charge < -0.3 is 9.72 Å². The standard InChI is InChI=1S/C10H6BrFN2O2/c11-6-1-7(12)3-8(2-6)16-10-4-9(15)13-5-14-10/h1-5H,(H,13,14,15). The van der Waals surface area contributed by atoms with Crippen LogP contribution in [0.2, 0.25) is 0 Å².